The second kappa shape index (κ2) is 17.0. The molecular weight excluding hydrogens is 739 g/mol. The summed E-state index contributed by atoms with van der Waals surface area (Å²) >= 11 is 1.45. The zero-order valence-electron chi connectivity index (χ0n) is 33.3. The molecule has 0 bridgehead atoms. The molecule has 11 nitrogen and oxygen atoms in total. The van der Waals surface area contributed by atoms with Gasteiger partial charge in [0.1, 0.15) is 17.2 Å². The van der Waals surface area contributed by atoms with E-state index in [-0.39, 0.29) is 24.2 Å². The van der Waals surface area contributed by atoms with Crippen molar-refractivity contribution >= 4 is 50.3 Å². The lowest BCUT2D eigenvalue weighted by atomic mass is 9.88. The maximum atomic E-state index is 13.8. The van der Waals surface area contributed by atoms with Crippen molar-refractivity contribution in [3.8, 4) is 16.9 Å². The van der Waals surface area contributed by atoms with Gasteiger partial charge in [-0.25, -0.2) is 14.8 Å². The quantitative estimate of drug-likeness (QED) is 0.0934. The first-order chi connectivity index (χ1) is 27.3. The number of rotatable bonds is 12. The Balaban J connectivity index is 1.05. The van der Waals surface area contributed by atoms with Crippen LogP contribution in [0.3, 0.4) is 0 Å². The van der Waals surface area contributed by atoms with Gasteiger partial charge in [0.2, 0.25) is 0 Å². The monoisotopic (exact) mass is 789 g/mol. The third kappa shape index (κ3) is 9.62. The predicted molar refractivity (Wildman–Crippen MR) is 224 cm³/mol. The van der Waals surface area contributed by atoms with Gasteiger partial charge in [0.05, 0.1) is 23.4 Å². The molecule has 2 N–H and O–H groups in total. The Labute approximate surface area is 338 Å². The normalized spacial score (nSPS) is 17.2. The first-order valence-corrected chi connectivity index (χ1v) is 20.6. The molecule has 2 aromatic heterocycles. The highest BCUT2D eigenvalue weighted by Crippen LogP contribution is 2.34. The number of ether oxygens (including phenoxy) is 2. The van der Waals surface area contributed by atoms with Crippen LogP contribution in [0.5, 0.6) is 5.75 Å². The van der Waals surface area contributed by atoms with Gasteiger partial charge in [-0.15, -0.1) is 0 Å². The average molecular weight is 790 g/mol. The van der Waals surface area contributed by atoms with Gasteiger partial charge in [-0.2, -0.15) is 0 Å². The van der Waals surface area contributed by atoms with Crippen molar-refractivity contribution < 1.29 is 29.0 Å². The van der Waals surface area contributed by atoms with E-state index in [4.69, 9.17) is 14.5 Å². The molecule has 1 saturated heterocycles. The Hall–Kier alpha value is -5.33. The van der Waals surface area contributed by atoms with E-state index in [9.17, 15) is 19.5 Å². The number of benzene rings is 3. The average Bonchev–Trinajstić information content (AvgIpc) is 3.58. The van der Waals surface area contributed by atoms with Crippen molar-refractivity contribution in [3.05, 3.63) is 101 Å². The molecule has 5 aromatic rings. The van der Waals surface area contributed by atoms with Gasteiger partial charge in [0.25, 0.3) is 5.91 Å². The van der Waals surface area contributed by atoms with Gasteiger partial charge in [0.15, 0.2) is 10.8 Å². The van der Waals surface area contributed by atoms with Crippen molar-refractivity contribution in [3.63, 3.8) is 0 Å². The number of nitrogens with zero attached hydrogens (tertiary/aromatic N) is 4. The maximum absolute atomic E-state index is 13.8. The van der Waals surface area contributed by atoms with Crippen LogP contribution in [0.25, 0.3) is 21.3 Å². The molecule has 12 heteroatoms. The van der Waals surface area contributed by atoms with Crippen LogP contribution in [0.2, 0.25) is 0 Å². The maximum Gasteiger partial charge on any atom is 0.358 e. The molecule has 0 unspecified atom stereocenters. The first-order valence-electron chi connectivity index (χ1n) is 19.8. The van der Waals surface area contributed by atoms with Gasteiger partial charge in [-0.1, -0.05) is 41.7 Å². The Bertz CT molecular complexity index is 2250. The fraction of sp³-hybridized carbons (Fsp3) is 0.400. The number of fused-ring (bicyclic) bond motifs is 2. The number of likely N-dealkylation sites (tertiary alicyclic amines) is 1. The molecule has 2 aliphatic heterocycles. The number of aromatic nitrogens is 2. The number of nitrogens with one attached hydrogen (secondary N) is 1. The number of carbonyl (C=O) groups excluding carboxylic acids is 2. The molecule has 1 fully saturated rings. The highest BCUT2D eigenvalue weighted by atomic mass is 32.1. The number of carboxylic acids is 1. The summed E-state index contributed by atoms with van der Waals surface area (Å²) in [5, 5.41) is 12.7. The van der Waals surface area contributed by atoms with Crippen LogP contribution in [0.1, 0.15) is 90.9 Å². The number of aliphatic carboxylic acids is 1. The molecule has 7 rings (SSSR count). The van der Waals surface area contributed by atoms with Crippen LogP contribution in [0, 0.1) is 12.8 Å². The first kappa shape index (κ1) is 39.9. The van der Waals surface area contributed by atoms with Crippen LogP contribution < -0.4 is 15.0 Å². The number of piperidine rings is 1. The van der Waals surface area contributed by atoms with Crippen molar-refractivity contribution in [1.29, 1.82) is 0 Å². The van der Waals surface area contributed by atoms with Crippen LogP contribution in [0.4, 0.5) is 10.9 Å². The minimum absolute atomic E-state index is 0.106. The number of hydrogen-bond donors (Lipinski definition) is 2. The summed E-state index contributed by atoms with van der Waals surface area (Å²) in [6, 6.07) is 23.7. The molecule has 0 spiro atoms. The third-order valence-electron chi connectivity index (χ3n) is 10.8. The van der Waals surface area contributed by atoms with E-state index in [1.54, 1.807) is 0 Å². The van der Waals surface area contributed by atoms with Gasteiger partial charge < -0.3 is 19.5 Å². The summed E-state index contributed by atoms with van der Waals surface area (Å²) < 4.78 is 13.1. The number of amides is 1. The van der Waals surface area contributed by atoms with Crippen molar-refractivity contribution in [2.45, 2.75) is 84.9 Å². The molecule has 0 aliphatic carbocycles. The van der Waals surface area contributed by atoms with E-state index in [0.717, 1.165) is 70.4 Å². The highest BCUT2D eigenvalue weighted by molar-refractivity contribution is 7.22. The van der Waals surface area contributed by atoms with E-state index in [2.05, 4.69) is 28.2 Å². The van der Waals surface area contributed by atoms with Crippen LogP contribution in [-0.2, 0) is 22.5 Å². The predicted octanol–water partition coefficient (Wildman–Crippen LogP) is 8.78. The molecular formula is C45H51N5O6S. The Kier molecular flexibility index (Phi) is 11.9. The fourth-order valence-electron chi connectivity index (χ4n) is 7.98. The standard InChI is InChI=1S/C45H51N5O6S/c1-28-24-32(55-23-9-10-30-19-21-49(27-40(51)52)29(2)25-30)15-16-33(28)34-17-18-39(47-41(34)43(54)56-45(3,4)5)50-22-20-31-11-8-12-35(36(31)26-50)42(53)48-44-46-37-13-6-7-14-38(37)57-44/h6-8,11-18,24,29-30H,9-10,19-23,25-27H2,1-5H3,(H,51,52)(H,46,48,53)/t29-,30+/m0/s1. The number of carboxylic acid groups (broad SMARTS) is 1. The van der Waals surface area contributed by atoms with E-state index in [0.29, 0.717) is 54.1 Å². The molecule has 2 aliphatic rings. The topological polar surface area (TPSA) is 134 Å². The Morgan fingerprint density at radius 3 is 2.54 bits per heavy atom. The minimum Gasteiger partial charge on any atom is -0.494 e. The number of aryl methyl sites for hydroxylation is 1. The van der Waals surface area contributed by atoms with E-state index in [1.165, 1.54) is 11.3 Å². The number of thiazole rings is 1. The number of esters is 1. The van der Waals surface area contributed by atoms with E-state index < -0.39 is 17.5 Å². The zero-order chi connectivity index (χ0) is 40.3. The molecule has 57 heavy (non-hydrogen) atoms. The zero-order valence-corrected chi connectivity index (χ0v) is 34.2. The SMILES string of the molecule is Cc1cc(OCCC[C@@H]2CCN(CC(=O)O)[C@@H](C)C2)ccc1-c1ccc(N2CCc3cccc(C(=O)Nc4nc5ccccc5s4)c3C2)nc1C(=O)OC(C)(C)C. The second-order valence-corrected chi connectivity index (χ2v) is 17.2. The van der Waals surface area contributed by atoms with Crippen molar-refractivity contribution in [1.82, 2.24) is 14.9 Å². The number of pyridine rings is 1. The molecule has 2 atom stereocenters. The summed E-state index contributed by atoms with van der Waals surface area (Å²) in [7, 11) is 0. The molecule has 0 saturated carbocycles. The number of carbonyl (C=O) groups is 3. The summed E-state index contributed by atoms with van der Waals surface area (Å²) in [6.07, 6.45) is 4.69. The number of hydrogen-bond acceptors (Lipinski definition) is 10. The fourth-order valence-corrected chi connectivity index (χ4v) is 8.84. The van der Waals surface area contributed by atoms with Crippen LogP contribution in [0.15, 0.2) is 72.8 Å². The summed E-state index contributed by atoms with van der Waals surface area (Å²) in [4.78, 5) is 52.4. The number of anilines is 2. The highest BCUT2D eigenvalue weighted by Gasteiger charge is 2.29. The van der Waals surface area contributed by atoms with Crippen molar-refractivity contribution in [2.24, 2.45) is 5.92 Å². The van der Waals surface area contributed by atoms with Gasteiger partial charge >= 0.3 is 11.9 Å². The molecule has 3 aromatic carbocycles. The summed E-state index contributed by atoms with van der Waals surface area (Å²) in [6.45, 7) is 12.3. The second-order valence-electron chi connectivity index (χ2n) is 16.2. The van der Waals surface area contributed by atoms with Gasteiger partial charge in [0, 0.05) is 30.3 Å². The molecule has 0 radical (unpaired) electrons. The van der Waals surface area contributed by atoms with Gasteiger partial charge in [-0.3, -0.25) is 19.8 Å². The largest absolute Gasteiger partial charge is 0.494 e. The van der Waals surface area contributed by atoms with Crippen LogP contribution >= 0.6 is 11.3 Å². The molecule has 4 heterocycles. The smallest absolute Gasteiger partial charge is 0.358 e. The minimum atomic E-state index is -0.770. The van der Waals surface area contributed by atoms with E-state index >= 15 is 0 Å². The van der Waals surface area contributed by atoms with Crippen LogP contribution in [-0.4, -0.2) is 75.7 Å². The van der Waals surface area contributed by atoms with Crippen molar-refractivity contribution in [2.75, 3.05) is 36.5 Å². The Morgan fingerprint density at radius 1 is 0.982 bits per heavy atom. The summed E-state index contributed by atoms with van der Waals surface area (Å²) in [5.74, 6) is 0.475. The molecule has 298 valence electrons. The molecule has 1 amide bonds. The lowest BCUT2D eigenvalue weighted by Crippen LogP contribution is -2.43. The Morgan fingerprint density at radius 2 is 1.79 bits per heavy atom. The number of para-hydroxylation sites is 1. The van der Waals surface area contributed by atoms with Gasteiger partial charge in [-0.05, 0) is 144 Å². The summed E-state index contributed by atoms with van der Waals surface area (Å²) in [5.41, 5.74) is 5.47. The van der Waals surface area contributed by atoms with E-state index in [1.807, 2.05) is 99.3 Å². The third-order valence-corrected chi connectivity index (χ3v) is 11.8. The lowest BCUT2D eigenvalue weighted by molar-refractivity contribution is -0.139. The lowest BCUT2D eigenvalue weighted by Gasteiger charge is -2.36.